The molecule has 5 heteroatoms. The number of amides is 1. The molecule has 1 aromatic rings. The Hall–Kier alpha value is -0.580. The van der Waals surface area contributed by atoms with Crippen LogP contribution in [0, 0.1) is 0 Å². The van der Waals surface area contributed by atoms with Gasteiger partial charge in [-0.15, -0.1) is 0 Å². The van der Waals surface area contributed by atoms with E-state index in [2.05, 4.69) is 21.2 Å². The van der Waals surface area contributed by atoms with E-state index in [1.807, 2.05) is 6.92 Å². The van der Waals surface area contributed by atoms with Crippen LogP contribution in [0.3, 0.4) is 0 Å². The molecular formula is C11H13BrClNO2. The van der Waals surface area contributed by atoms with Gasteiger partial charge in [0.05, 0.1) is 11.6 Å². The topological polar surface area (TPSA) is 38.3 Å². The molecule has 0 unspecified atom stereocenters. The summed E-state index contributed by atoms with van der Waals surface area (Å²) in [4.78, 5) is 11.6. The van der Waals surface area contributed by atoms with Crippen molar-refractivity contribution in [3.63, 3.8) is 0 Å². The van der Waals surface area contributed by atoms with Gasteiger partial charge in [-0.25, -0.2) is 0 Å². The van der Waals surface area contributed by atoms with Gasteiger partial charge in [0.15, 0.2) is 0 Å². The molecular weight excluding hydrogens is 293 g/mol. The second kappa shape index (κ2) is 6.89. The van der Waals surface area contributed by atoms with Crippen LogP contribution >= 0.6 is 27.5 Å². The summed E-state index contributed by atoms with van der Waals surface area (Å²) in [6.45, 7) is 3.60. The highest BCUT2D eigenvalue weighted by atomic mass is 79.9. The molecule has 1 aromatic carbocycles. The van der Waals surface area contributed by atoms with E-state index in [1.165, 1.54) is 0 Å². The predicted molar refractivity (Wildman–Crippen MR) is 68.0 cm³/mol. The van der Waals surface area contributed by atoms with Crippen molar-refractivity contribution < 1.29 is 9.53 Å². The molecule has 88 valence electrons. The summed E-state index contributed by atoms with van der Waals surface area (Å²) in [6, 6.07) is 5.06. The van der Waals surface area contributed by atoms with Crippen molar-refractivity contribution in [1.82, 2.24) is 5.32 Å². The van der Waals surface area contributed by atoms with Crippen LogP contribution in [0.4, 0.5) is 0 Å². The lowest BCUT2D eigenvalue weighted by Gasteiger charge is -2.06. The van der Waals surface area contributed by atoms with Gasteiger partial charge in [0, 0.05) is 23.2 Å². The number of carbonyl (C=O) groups is 1. The van der Waals surface area contributed by atoms with Crippen LogP contribution < -0.4 is 5.32 Å². The zero-order chi connectivity index (χ0) is 12.0. The average Bonchev–Trinajstić information content (AvgIpc) is 2.28. The van der Waals surface area contributed by atoms with Crippen LogP contribution in [0.15, 0.2) is 22.7 Å². The summed E-state index contributed by atoms with van der Waals surface area (Å²) in [5, 5.41) is 3.34. The van der Waals surface area contributed by atoms with Gasteiger partial charge in [-0.3, -0.25) is 4.79 Å². The monoisotopic (exact) mass is 305 g/mol. The van der Waals surface area contributed by atoms with E-state index in [0.717, 1.165) is 0 Å². The van der Waals surface area contributed by atoms with Crippen LogP contribution in [0.25, 0.3) is 0 Å². The zero-order valence-corrected chi connectivity index (χ0v) is 11.3. The van der Waals surface area contributed by atoms with Gasteiger partial charge in [-0.1, -0.05) is 11.6 Å². The van der Waals surface area contributed by atoms with Crippen LogP contribution in [-0.4, -0.2) is 25.7 Å². The molecule has 0 aliphatic rings. The maximum Gasteiger partial charge on any atom is 0.251 e. The van der Waals surface area contributed by atoms with Crippen molar-refractivity contribution in [3.8, 4) is 0 Å². The first-order valence-electron chi connectivity index (χ1n) is 4.96. The molecule has 1 amide bonds. The molecule has 0 bridgehead atoms. The Morgan fingerprint density at radius 3 is 2.94 bits per heavy atom. The highest BCUT2D eigenvalue weighted by molar-refractivity contribution is 9.10. The third kappa shape index (κ3) is 4.12. The Labute approximate surface area is 108 Å². The third-order valence-corrected chi connectivity index (χ3v) is 3.13. The Morgan fingerprint density at radius 1 is 1.56 bits per heavy atom. The highest BCUT2D eigenvalue weighted by Crippen LogP contribution is 2.22. The van der Waals surface area contributed by atoms with E-state index in [1.54, 1.807) is 18.2 Å². The quantitative estimate of drug-likeness (QED) is 0.850. The van der Waals surface area contributed by atoms with Gasteiger partial charge in [0.25, 0.3) is 5.91 Å². The number of carbonyl (C=O) groups excluding carboxylic acids is 1. The number of benzene rings is 1. The zero-order valence-electron chi connectivity index (χ0n) is 8.93. The van der Waals surface area contributed by atoms with Crippen molar-refractivity contribution in [3.05, 3.63) is 33.3 Å². The molecule has 0 spiro atoms. The molecule has 0 aliphatic heterocycles. The molecule has 0 saturated heterocycles. The minimum atomic E-state index is -0.128. The number of nitrogens with one attached hydrogen (secondary N) is 1. The molecule has 3 nitrogen and oxygen atoms in total. The molecule has 0 saturated carbocycles. The summed E-state index contributed by atoms with van der Waals surface area (Å²) in [6.07, 6.45) is 0. The van der Waals surface area contributed by atoms with Crippen LogP contribution in [0.2, 0.25) is 5.02 Å². The molecule has 0 aromatic heterocycles. The lowest BCUT2D eigenvalue weighted by molar-refractivity contribution is 0.0922. The van der Waals surface area contributed by atoms with Gasteiger partial charge in [0.2, 0.25) is 0 Å². The normalized spacial score (nSPS) is 10.2. The van der Waals surface area contributed by atoms with Crippen LogP contribution in [-0.2, 0) is 4.74 Å². The molecule has 0 radical (unpaired) electrons. The van der Waals surface area contributed by atoms with Crippen molar-refractivity contribution in [2.45, 2.75) is 6.92 Å². The molecule has 1 N–H and O–H groups in total. The first kappa shape index (κ1) is 13.5. The lowest BCUT2D eigenvalue weighted by Crippen LogP contribution is -2.27. The van der Waals surface area contributed by atoms with Crippen molar-refractivity contribution >= 4 is 33.4 Å². The van der Waals surface area contributed by atoms with Crippen molar-refractivity contribution in [2.75, 3.05) is 19.8 Å². The smallest absolute Gasteiger partial charge is 0.251 e. The van der Waals surface area contributed by atoms with Gasteiger partial charge in [-0.05, 0) is 41.1 Å². The number of halogens is 2. The molecule has 0 atom stereocenters. The summed E-state index contributed by atoms with van der Waals surface area (Å²) < 4.78 is 5.83. The number of rotatable bonds is 5. The maximum atomic E-state index is 11.6. The van der Waals surface area contributed by atoms with Gasteiger partial charge in [0.1, 0.15) is 0 Å². The number of ether oxygens (including phenoxy) is 1. The fraction of sp³-hybridized carbons (Fsp3) is 0.364. The van der Waals surface area contributed by atoms with E-state index < -0.39 is 0 Å². The highest BCUT2D eigenvalue weighted by Gasteiger charge is 2.06. The van der Waals surface area contributed by atoms with Gasteiger partial charge < -0.3 is 10.1 Å². The lowest BCUT2D eigenvalue weighted by atomic mass is 10.2. The minimum Gasteiger partial charge on any atom is -0.380 e. The molecule has 0 fully saturated rings. The van der Waals surface area contributed by atoms with E-state index >= 15 is 0 Å². The van der Waals surface area contributed by atoms with Crippen molar-refractivity contribution in [2.24, 2.45) is 0 Å². The first-order chi connectivity index (χ1) is 7.65. The summed E-state index contributed by atoms with van der Waals surface area (Å²) in [5.41, 5.74) is 0.577. The summed E-state index contributed by atoms with van der Waals surface area (Å²) >= 11 is 9.10. The Bertz CT molecular complexity index is 371. The predicted octanol–water partition coefficient (Wildman–Crippen LogP) is 2.87. The molecule has 0 heterocycles. The Kier molecular flexibility index (Phi) is 5.80. The molecule has 0 aliphatic carbocycles. The summed E-state index contributed by atoms with van der Waals surface area (Å²) in [5.74, 6) is -0.128. The average molecular weight is 307 g/mol. The maximum absolute atomic E-state index is 11.6. The fourth-order valence-corrected chi connectivity index (χ4v) is 1.62. The third-order valence-electron chi connectivity index (χ3n) is 1.92. The molecule has 16 heavy (non-hydrogen) atoms. The van der Waals surface area contributed by atoms with Crippen LogP contribution in [0.1, 0.15) is 17.3 Å². The van der Waals surface area contributed by atoms with E-state index in [-0.39, 0.29) is 5.91 Å². The standard InChI is InChI=1S/C11H13BrClNO2/c1-2-16-6-5-14-11(15)8-3-4-10(13)9(12)7-8/h3-4,7H,2,5-6H2,1H3,(H,14,15). The largest absolute Gasteiger partial charge is 0.380 e. The fourth-order valence-electron chi connectivity index (χ4n) is 1.12. The van der Waals surface area contributed by atoms with E-state index in [4.69, 9.17) is 16.3 Å². The number of hydrogen-bond donors (Lipinski definition) is 1. The van der Waals surface area contributed by atoms with E-state index in [9.17, 15) is 4.79 Å². The summed E-state index contributed by atoms with van der Waals surface area (Å²) in [7, 11) is 0. The van der Waals surface area contributed by atoms with Gasteiger partial charge >= 0.3 is 0 Å². The van der Waals surface area contributed by atoms with Crippen molar-refractivity contribution in [1.29, 1.82) is 0 Å². The second-order valence-electron chi connectivity index (χ2n) is 3.08. The Morgan fingerprint density at radius 2 is 2.31 bits per heavy atom. The van der Waals surface area contributed by atoms with E-state index in [0.29, 0.717) is 34.8 Å². The first-order valence-corrected chi connectivity index (χ1v) is 6.13. The van der Waals surface area contributed by atoms with Gasteiger partial charge in [-0.2, -0.15) is 0 Å². The SMILES string of the molecule is CCOCCNC(=O)c1ccc(Cl)c(Br)c1. The minimum absolute atomic E-state index is 0.128. The second-order valence-corrected chi connectivity index (χ2v) is 4.34. The van der Waals surface area contributed by atoms with Crippen LogP contribution in [0.5, 0.6) is 0 Å². The molecule has 1 rings (SSSR count). The number of hydrogen-bond acceptors (Lipinski definition) is 2. The Balaban J connectivity index is 2.50.